The maximum absolute atomic E-state index is 10.8. The maximum atomic E-state index is 10.8. The summed E-state index contributed by atoms with van der Waals surface area (Å²) in [6.07, 6.45) is 1.23. The van der Waals surface area contributed by atoms with Gasteiger partial charge in [0.1, 0.15) is 0 Å². The minimum Gasteiger partial charge on any atom is -0.314 e. The Morgan fingerprint density at radius 2 is 2.09 bits per heavy atom. The summed E-state index contributed by atoms with van der Waals surface area (Å²) in [4.78, 5) is 15.6. The van der Waals surface area contributed by atoms with Crippen LogP contribution in [-0.4, -0.2) is 60.0 Å². The van der Waals surface area contributed by atoms with Crippen molar-refractivity contribution in [1.29, 1.82) is 0 Å². The van der Waals surface area contributed by atoms with E-state index in [1.165, 1.54) is 12.0 Å². The molecule has 1 unspecified atom stereocenters. The number of piperazine rings is 1. The lowest BCUT2D eigenvalue weighted by molar-refractivity contribution is -0.384. The van der Waals surface area contributed by atoms with Crippen molar-refractivity contribution in [2.75, 3.05) is 39.3 Å². The highest BCUT2D eigenvalue weighted by Crippen LogP contribution is 2.22. The Balaban J connectivity index is 1.59. The number of benzene rings is 1. The van der Waals surface area contributed by atoms with Gasteiger partial charge < -0.3 is 5.32 Å². The summed E-state index contributed by atoms with van der Waals surface area (Å²) in [6.45, 7) is 9.57. The Labute approximate surface area is 131 Å². The molecule has 2 aliphatic heterocycles. The van der Waals surface area contributed by atoms with Crippen molar-refractivity contribution in [1.82, 2.24) is 15.1 Å². The number of hydrogen-bond donors (Lipinski definition) is 1. The summed E-state index contributed by atoms with van der Waals surface area (Å²) in [5, 5.41) is 14.2. The SMILES string of the molecule is Cc1cc([N+](=O)[O-])ccc1CN1CCC(N2CCNCC2)C1. The highest BCUT2D eigenvalue weighted by atomic mass is 16.6. The number of aryl methyl sites for hydroxylation is 1. The average Bonchev–Trinajstić information content (AvgIpc) is 2.98. The highest BCUT2D eigenvalue weighted by molar-refractivity contribution is 5.39. The van der Waals surface area contributed by atoms with Gasteiger partial charge >= 0.3 is 0 Å². The Morgan fingerprint density at radius 3 is 2.77 bits per heavy atom. The number of nitro groups is 1. The Kier molecular flexibility index (Phi) is 4.71. The van der Waals surface area contributed by atoms with Crippen molar-refractivity contribution in [3.8, 4) is 0 Å². The van der Waals surface area contributed by atoms with Crippen molar-refractivity contribution in [2.45, 2.75) is 25.9 Å². The molecular formula is C16H24N4O2. The fourth-order valence-corrected chi connectivity index (χ4v) is 3.51. The predicted molar refractivity (Wildman–Crippen MR) is 86.0 cm³/mol. The summed E-state index contributed by atoms with van der Waals surface area (Å²) in [5.74, 6) is 0. The van der Waals surface area contributed by atoms with Gasteiger partial charge in [0.05, 0.1) is 4.92 Å². The number of rotatable bonds is 4. The lowest BCUT2D eigenvalue weighted by Gasteiger charge is -2.32. The van der Waals surface area contributed by atoms with E-state index >= 15 is 0 Å². The van der Waals surface area contributed by atoms with E-state index in [4.69, 9.17) is 0 Å². The first-order chi connectivity index (χ1) is 10.6. The number of nitrogens with zero attached hydrogens (tertiary/aromatic N) is 3. The van der Waals surface area contributed by atoms with Crippen LogP contribution in [0.15, 0.2) is 18.2 Å². The monoisotopic (exact) mass is 304 g/mol. The number of non-ortho nitro benzene ring substituents is 1. The molecule has 2 heterocycles. The third-order valence-electron chi connectivity index (χ3n) is 4.85. The standard InChI is InChI=1S/C16H24N4O2/c1-13-10-15(20(21)22)3-2-14(13)11-18-7-4-16(12-18)19-8-5-17-6-9-19/h2-3,10,16-17H,4-9,11-12H2,1H3. The van der Waals surface area contributed by atoms with Crippen molar-refractivity contribution >= 4 is 5.69 Å². The van der Waals surface area contributed by atoms with Gasteiger partial charge in [-0.05, 0) is 24.5 Å². The molecule has 22 heavy (non-hydrogen) atoms. The number of hydrogen-bond acceptors (Lipinski definition) is 5. The minimum atomic E-state index is -0.326. The highest BCUT2D eigenvalue weighted by Gasteiger charge is 2.28. The third kappa shape index (κ3) is 3.45. The lowest BCUT2D eigenvalue weighted by Crippen LogP contribution is -2.49. The van der Waals surface area contributed by atoms with Crippen molar-refractivity contribution < 1.29 is 4.92 Å². The van der Waals surface area contributed by atoms with E-state index < -0.39 is 0 Å². The van der Waals surface area contributed by atoms with Crippen LogP contribution < -0.4 is 5.32 Å². The van der Waals surface area contributed by atoms with Crippen LogP contribution in [0.1, 0.15) is 17.5 Å². The molecule has 2 saturated heterocycles. The molecule has 0 radical (unpaired) electrons. The molecule has 1 aromatic carbocycles. The zero-order valence-corrected chi connectivity index (χ0v) is 13.1. The van der Waals surface area contributed by atoms with Gasteiger partial charge in [0.2, 0.25) is 0 Å². The van der Waals surface area contributed by atoms with E-state index in [0.29, 0.717) is 6.04 Å². The molecule has 2 fully saturated rings. The van der Waals surface area contributed by atoms with Crippen LogP contribution in [0.25, 0.3) is 0 Å². The van der Waals surface area contributed by atoms with E-state index in [1.807, 2.05) is 13.0 Å². The fraction of sp³-hybridized carbons (Fsp3) is 0.625. The second-order valence-electron chi connectivity index (χ2n) is 6.33. The zero-order valence-electron chi connectivity index (χ0n) is 13.1. The normalized spacial score (nSPS) is 23.8. The summed E-state index contributed by atoms with van der Waals surface area (Å²) in [7, 11) is 0. The molecule has 0 aliphatic carbocycles. The van der Waals surface area contributed by atoms with Crippen molar-refractivity contribution in [3.05, 3.63) is 39.4 Å². The Hall–Kier alpha value is -1.50. The van der Waals surface area contributed by atoms with Crippen molar-refractivity contribution in [2.24, 2.45) is 0 Å². The molecule has 0 spiro atoms. The van der Waals surface area contributed by atoms with Gasteiger partial charge in [0, 0.05) is 64.0 Å². The molecule has 2 aliphatic rings. The molecule has 6 heteroatoms. The maximum Gasteiger partial charge on any atom is 0.269 e. The molecule has 1 atom stereocenters. The second kappa shape index (κ2) is 6.73. The zero-order chi connectivity index (χ0) is 15.5. The first kappa shape index (κ1) is 15.4. The predicted octanol–water partition coefficient (Wildman–Crippen LogP) is 1.38. The Morgan fingerprint density at radius 1 is 1.32 bits per heavy atom. The van der Waals surface area contributed by atoms with E-state index in [0.717, 1.165) is 51.4 Å². The second-order valence-corrected chi connectivity index (χ2v) is 6.33. The minimum absolute atomic E-state index is 0.182. The summed E-state index contributed by atoms with van der Waals surface area (Å²) >= 11 is 0. The third-order valence-corrected chi connectivity index (χ3v) is 4.85. The topological polar surface area (TPSA) is 61.7 Å². The molecule has 0 amide bonds. The van der Waals surface area contributed by atoms with Crippen LogP contribution >= 0.6 is 0 Å². The van der Waals surface area contributed by atoms with Crippen LogP contribution in [0.3, 0.4) is 0 Å². The molecule has 1 aromatic rings. The van der Waals surface area contributed by atoms with Crippen LogP contribution in [0.4, 0.5) is 5.69 Å². The number of likely N-dealkylation sites (tertiary alicyclic amines) is 1. The van der Waals surface area contributed by atoms with E-state index in [1.54, 1.807) is 12.1 Å². The molecule has 0 bridgehead atoms. The molecular weight excluding hydrogens is 280 g/mol. The van der Waals surface area contributed by atoms with E-state index in [9.17, 15) is 10.1 Å². The van der Waals surface area contributed by atoms with Crippen LogP contribution in [0.2, 0.25) is 0 Å². The smallest absolute Gasteiger partial charge is 0.269 e. The van der Waals surface area contributed by atoms with Crippen LogP contribution in [0.5, 0.6) is 0 Å². The summed E-state index contributed by atoms with van der Waals surface area (Å²) in [5.41, 5.74) is 2.40. The lowest BCUT2D eigenvalue weighted by atomic mass is 10.1. The van der Waals surface area contributed by atoms with Crippen molar-refractivity contribution in [3.63, 3.8) is 0 Å². The quantitative estimate of drug-likeness (QED) is 0.673. The van der Waals surface area contributed by atoms with Gasteiger partial charge in [0.15, 0.2) is 0 Å². The largest absolute Gasteiger partial charge is 0.314 e. The summed E-state index contributed by atoms with van der Waals surface area (Å²) in [6, 6.07) is 5.87. The van der Waals surface area contributed by atoms with E-state index in [2.05, 4.69) is 15.1 Å². The number of nitro benzene ring substituents is 1. The molecule has 1 N–H and O–H groups in total. The molecule has 120 valence electrons. The van der Waals surface area contributed by atoms with Crippen LogP contribution in [-0.2, 0) is 6.54 Å². The Bertz CT molecular complexity index is 543. The van der Waals surface area contributed by atoms with Gasteiger partial charge in [-0.3, -0.25) is 19.9 Å². The van der Waals surface area contributed by atoms with Gasteiger partial charge in [0.25, 0.3) is 5.69 Å². The van der Waals surface area contributed by atoms with E-state index in [-0.39, 0.29) is 10.6 Å². The first-order valence-electron chi connectivity index (χ1n) is 8.04. The average molecular weight is 304 g/mol. The molecule has 6 nitrogen and oxygen atoms in total. The molecule has 0 aromatic heterocycles. The summed E-state index contributed by atoms with van der Waals surface area (Å²) < 4.78 is 0. The van der Waals surface area contributed by atoms with Crippen LogP contribution in [0, 0.1) is 17.0 Å². The molecule has 0 saturated carbocycles. The first-order valence-corrected chi connectivity index (χ1v) is 8.04. The molecule has 3 rings (SSSR count). The number of nitrogens with one attached hydrogen (secondary N) is 1. The van der Waals surface area contributed by atoms with Gasteiger partial charge in [-0.1, -0.05) is 6.07 Å². The van der Waals surface area contributed by atoms with Gasteiger partial charge in [-0.2, -0.15) is 0 Å². The fourth-order valence-electron chi connectivity index (χ4n) is 3.51. The van der Waals surface area contributed by atoms with Gasteiger partial charge in [-0.15, -0.1) is 0 Å². The van der Waals surface area contributed by atoms with Gasteiger partial charge in [-0.25, -0.2) is 0 Å².